The predicted molar refractivity (Wildman–Crippen MR) is 127 cm³/mol. The molecule has 0 atom stereocenters. The van der Waals surface area contributed by atoms with Gasteiger partial charge >= 0.3 is 17.9 Å². The normalized spacial score (nSPS) is 11.4. The first-order valence-electron chi connectivity index (χ1n) is 12.4. The fourth-order valence-corrected chi connectivity index (χ4v) is 4.34. The van der Waals surface area contributed by atoms with E-state index in [1.54, 1.807) is 0 Å². The zero-order valence-corrected chi connectivity index (χ0v) is 19.9. The average molecular weight is 457 g/mol. The third-order valence-electron chi connectivity index (χ3n) is 6.11. The number of aliphatic carboxylic acids is 3. The maximum atomic E-state index is 11.0. The quantitative estimate of drug-likeness (QED) is 0.101. The van der Waals surface area contributed by atoms with E-state index in [0.717, 1.165) is 25.8 Å². The summed E-state index contributed by atoms with van der Waals surface area (Å²) < 4.78 is 0.636. The first kappa shape index (κ1) is 30.1. The highest BCUT2D eigenvalue weighted by molar-refractivity contribution is 5.67. The molecule has 0 radical (unpaired) electrons. The van der Waals surface area contributed by atoms with Gasteiger partial charge in [0.15, 0.2) is 0 Å². The Bertz CT molecular complexity index is 484. The van der Waals surface area contributed by atoms with Gasteiger partial charge in [0.25, 0.3) is 0 Å². The maximum absolute atomic E-state index is 11.0. The van der Waals surface area contributed by atoms with Gasteiger partial charge in [-0.3, -0.25) is 14.4 Å². The fraction of sp³-hybridized carbons (Fsp3) is 0.800. The van der Waals surface area contributed by atoms with Crippen molar-refractivity contribution in [2.24, 2.45) is 0 Å². The number of unbranched alkanes of at least 4 members (excludes halogenated alkanes) is 9. The summed E-state index contributed by atoms with van der Waals surface area (Å²) in [6.07, 6.45) is 15.7. The summed E-state index contributed by atoms with van der Waals surface area (Å²) >= 11 is 0. The fourth-order valence-electron chi connectivity index (χ4n) is 4.34. The number of carboxylic acids is 3. The van der Waals surface area contributed by atoms with Crippen LogP contribution in [0.2, 0.25) is 0 Å². The van der Waals surface area contributed by atoms with Crippen LogP contribution >= 0.6 is 0 Å². The second kappa shape index (κ2) is 19.8. The Morgan fingerprint density at radius 3 is 1.19 bits per heavy atom. The SMILES string of the molecule is C=CCCCCCCCCCCC[N+](CCCC(=O)O)(CCCC(=O)O)CCCC(=O)O. The molecule has 3 N–H and O–H groups in total. The lowest BCUT2D eigenvalue weighted by Crippen LogP contribution is -2.51. The molecule has 32 heavy (non-hydrogen) atoms. The summed E-state index contributed by atoms with van der Waals surface area (Å²) in [4.78, 5) is 33.0. The van der Waals surface area contributed by atoms with E-state index >= 15 is 0 Å². The highest BCUT2D eigenvalue weighted by atomic mass is 16.4. The van der Waals surface area contributed by atoms with E-state index in [1.165, 1.54) is 44.9 Å². The first-order valence-corrected chi connectivity index (χ1v) is 12.4. The van der Waals surface area contributed by atoms with Crippen molar-refractivity contribution >= 4 is 17.9 Å². The molecule has 0 aliphatic heterocycles. The summed E-state index contributed by atoms with van der Waals surface area (Å²) in [6, 6.07) is 0. The first-order chi connectivity index (χ1) is 15.3. The van der Waals surface area contributed by atoms with Crippen LogP contribution in [0.25, 0.3) is 0 Å². The average Bonchev–Trinajstić information content (AvgIpc) is 2.71. The predicted octanol–water partition coefficient (Wildman–Crippen LogP) is 5.48. The number of hydrogen-bond donors (Lipinski definition) is 3. The molecule has 0 saturated heterocycles. The molecule has 0 amide bonds. The molecule has 0 aromatic carbocycles. The zero-order valence-electron chi connectivity index (χ0n) is 19.9. The Balaban J connectivity index is 4.55. The summed E-state index contributed by atoms with van der Waals surface area (Å²) in [5.41, 5.74) is 0. The smallest absolute Gasteiger partial charge is 0.303 e. The van der Waals surface area contributed by atoms with Crippen molar-refractivity contribution in [2.75, 3.05) is 26.2 Å². The summed E-state index contributed by atoms with van der Waals surface area (Å²) in [5.74, 6) is -2.49. The van der Waals surface area contributed by atoms with Gasteiger partial charge in [-0.1, -0.05) is 44.6 Å². The van der Waals surface area contributed by atoms with Crippen molar-refractivity contribution in [1.82, 2.24) is 0 Å². The molecule has 0 spiro atoms. The number of carbonyl (C=O) groups is 3. The van der Waals surface area contributed by atoms with E-state index in [0.29, 0.717) is 43.4 Å². The Hall–Kier alpha value is -1.89. The van der Waals surface area contributed by atoms with Crippen molar-refractivity contribution in [3.63, 3.8) is 0 Å². The van der Waals surface area contributed by atoms with Crippen LogP contribution in [0.5, 0.6) is 0 Å². The molecule has 0 aromatic heterocycles. The van der Waals surface area contributed by atoms with Crippen LogP contribution < -0.4 is 0 Å². The van der Waals surface area contributed by atoms with Crippen molar-refractivity contribution in [3.8, 4) is 0 Å². The minimum absolute atomic E-state index is 0.0880. The van der Waals surface area contributed by atoms with Gasteiger partial charge < -0.3 is 19.8 Å². The minimum atomic E-state index is -0.830. The minimum Gasteiger partial charge on any atom is -0.481 e. The lowest BCUT2D eigenvalue weighted by atomic mass is 10.1. The second-order valence-corrected chi connectivity index (χ2v) is 8.99. The number of quaternary nitrogens is 1. The summed E-state index contributed by atoms with van der Waals surface area (Å²) in [5, 5.41) is 27.1. The zero-order chi connectivity index (χ0) is 24.1. The molecule has 0 saturated carbocycles. The van der Waals surface area contributed by atoms with E-state index in [2.05, 4.69) is 6.58 Å². The van der Waals surface area contributed by atoms with Crippen LogP contribution in [0, 0.1) is 0 Å². The maximum Gasteiger partial charge on any atom is 0.303 e. The van der Waals surface area contributed by atoms with Crippen LogP contribution in [0.1, 0.15) is 103 Å². The van der Waals surface area contributed by atoms with Gasteiger partial charge in [-0.2, -0.15) is 0 Å². The molecule has 0 fully saturated rings. The molecule has 186 valence electrons. The van der Waals surface area contributed by atoms with E-state index in [9.17, 15) is 14.4 Å². The van der Waals surface area contributed by atoms with Crippen molar-refractivity contribution in [2.45, 2.75) is 103 Å². The van der Waals surface area contributed by atoms with Gasteiger partial charge in [0.1, 0.15) is 0 Å². The Kier molecular flexibility index (Phi) is 18.6. The molecule has 0 aliphatic carbocycles. The number of nitrogens with zero attached hydrogens (tertiary/aromatic N) is 1. The molecular formula is C25H46NO6+. The third kappa shape index (κ3) is 18.8. The van der Waals surface area contributed by atoms with Gasteiger partial charge in [-0.15, -0.1) is 6.58 Å². The molecule has 0 bridgehead atoms. The van der Waals surface area contributed by atoms with Crippen LogP contribution in [-0.2, 0) is 14.4 Å². The second-order valence-electron chi connectivity index (χ2n) is 8.99. The topological polar surface area (TPSA) is 112 Å². The van der Waals surface area contributed by atoms with E-state index in [-0.39, 0.29) is 19.3 Å². The number of allylic oxidation sites excluding steroid dienone is 1. The monoisotopic (exact) mass is 456 g/mol. The molecule has 0 aromatic rings. The van der Waals surface area contributed by atoms with Crippen LogP contribution in [0.15, 0.2) is 12.7 Å². The summed E-state index contributed by atoms with van der Waals surface area (Å²) in [7, 11) is 0. The van der Waals surface area contributed by atoms with Crippen LogP contribution in [0.3, 0.4) is 0 Å². The molecule has 7 heteroatoms. The Morgan fingerprint density at radius 2 is 0.844 bits per heavy atom. The van der Waals surface area contributed by atoms with E-state index in [1.807, 2.05) is 6.08 Å². The standard InChI is InChI=1S/C25H45NO6/c1-2-3-4-5-6-7-8-9-10-11-12-19-26(20-13-16-23(27)28,21-14-17-24(29)30)22-15-18-25(31)32/h2H,1,3-22H2,(H2-,27,28,29,30,31,32)/p+1. The highest BCUT2D eigenvalue weighted by Crippen LogP contribution is 2.18. The summed E-state index contributed by atoms with van der Waals surface area (Å²) in [6.45, 7) is 6.60. The van der Waals surface area contributed by atoms with Crippen molar-refractivity contribution in [1.29, 1.82) is 0 Å². The largest absolute Gasteiger partial charge is 0.481 e. The molecule has 0 heterocycles. The van der Waals surface area contributed by atoms with Crippen LogP contribution in [-0.4, -0.2) is 63.9 Å². The lowest BCUT2D eigenvalue weighted by molar-refractivity contribution is -0.929. The molecule has 0 unspecified atom stereocenters. The highest BCUT2D eigenvalue weighted by Gasteiger charge is 2.27. The molecule has 0 rings (SSSR count). The Morgan fingerprint density at radius 1 is 0.531 bits per heavy atom. The molecular weight excluding hydrogens is 410 g/mol. The molecule has 7 nitrogen and oxygen atoms in total. The van der Waals surface area contributed by atoms with E-state index < -0.39 is 17.9 Å². The van der Waals surface area contributed by atoms with Crippen molar-refractivity contribution < 1.29 is 34.2 Å². The molecule has 0 aliphatic rings. The van der Waals surface area contributed by atoms with Gasteiger partial charge in [-0.05, 0) is 25.7 Å². The van der Waals surface area contributed by atoms with Crippen molar-refractivity contribution in [3.05, 3.63) is 12.7 Å². The third-order valence-corrected chi connectivity index (χ3v) is 6.11. The number of carboxylic acid groups (broad SMARTS) is 3. The van der Waals surface area contributed by atoms with Crippen LogP contribution in [0.4, 0.5) is 0 Å². The lowest BCUT2D eigenvalue weighted by Gasteiger charge is -2.39. The van der Waals surface area contributed by atoms with Gasteiger partial charge in [-0.25, -0.2) is 0 Å². The number of hydrogen-bond acceptors (Lipinski definition) is 3. The van der Waals surface area contributed by atoms with Gasteiger partial charge in [0.2, 0.25) is 0 Å². The van der Waals surface area contributed by atoms with Gasteiger partial charge in [0, 0.05) is 19.3 Å². The Labute approximate surface area is 194 Å². The number of rotatable bonds is 24. The van der Waals surface area contributed by atoms with Gasteiger partial charge in [0.05, 0.1) is 45.4 Å². The van der Waals surface area contributed by atoms with E-state index in [4.69, 9.17) is 15.3 Å².